The van der Waals surface area contributed by atoms with Gasteiger partial charge in [0.2, 0.25) is 5.91 Å². The largest absolute Gasteiger partial charge is 0.370 e. The van der Waals surface area contributed by atoms with Gasteiger partial charge in [-0.25, -0.2) is 0 Å². The van der Waals surface area contributed by atoms with Gasteiger partial charge >= 0.3 is 0 Å². The Balaban J connectivity index is 1.99. The number of hydrogen-bond acceptors (Lipinski definition) is 2. The fourth-order valence-corrected chi connectivity index (χ4v) is 3.12. The number of amides is 1. The highest BCUT2D eigenvalue weighted by atomic mass is 35.5. The maximum Gasteiger partial charge on any atom is 0.234 e. The van der Waals surface area contributed by atoms with Gasteiger partial charge in [0.15, 0.2) is 5.96 Å². The minimum absolute atomic E-state index is 0.303. The van der Waals surface area contributed by atoms with Crippen LogP contribution in [-0.2, 0) is 11.2 Å². The maximum absolute atomic E-state index is 12.6. The van der Waals surface area contributed by atoms with Gasteiger partial charge in [-0.15, -0.1) is 0 Å². The Hall–Kier alpha value is -2.85. The van der Waals surface area contributed by atoms with Crippen molar-refractivity contribution in [1.29, 1.82) is 5.41 Å². The van der Waals surface area contributed by atoms with Crippen molar-refractivity contribution >= 4 is 34.2 Å². The summed E-state index contributed by atoms with van der Waals surface area (Å²) in [7, 11) is 0. The minimum Gasteiger partial charge on any atom is -0.370 e. The molecule has 0 bridgehead atoms. The van der Waals surface area contributed by atoms with Crippen molar-refractivity contribution in [2.75, 3.05) is 0 Å². The van der Waals surface area contributed by atoms with Gasteiger partial charge < -0.3 is 5.73 Å². The third-order valence-corrected chi connectivity index (χ3v) is 4.31. The number of carbonyl (C=O) groups excluding carboxylic acids is 1. The van der Waals surface area contributed by atoms with E-state index in [1.165, 1.54) is 0 Å². The quantitative estimate of drug-likeness (QED) is 0.493. The first-order chi connectivity index (χ1) is 12.0. The molecule has 0 aromatic heterocycles. The topological polar surface area (TPSA) is 79.0 Å². The van der Waals surface area contributed by atoms with Crippen LogP contribution in [0.5, 0.6) is 0 Å². The first-order valence-corrected chi connectivity index (χ1v) is 8.29. The van der Waals surface area contributed by atoms with E-state index < -0.39 is 5.92 Å². The Morgan fingerprint density at radius 3 is 2.52 bits per heavy atom. The number of nitrogens with one attached hydrogen (secondary N) is 2. The summed E-state index contributed by atoms with van der Waals surface area (Å²) in [4.78, 5) is 12.6. The summed E-state index contributed by atoms with van der Waals surface area (Å²) in [5.41, 5.74) is 7.17. The lowest BCUT2D eigenvalue weighted by Crippen LogP contribution is -2.39. The molecule has 1 atom stereocenters. The van der Waals surface area contributed by atoms with Gasteiger partial charge in [0.05, 0.1) is 5.92 Å². The summed E-state index contributed by atoms with van der Waals surface area (Å²) in [6.45, 7) is 0. The lowest BCUT2D eigenvalue weighted by molar-refractivity contribution is -0.121. The molecule has 3 aromatic carbocycles. The first-order valence-electron chi connectivity index (χ1n) is 7.91. The van der Waals surface area contributed by atoms with Crippen molar-refractivity contribution in [2.45, 2.75) is 12.3 Å². The third-order valence-electron chi connectivity index (χ3n) is 4.08. The summed E-state index contributed by atoms with van der Waals surface area (Å²) in [5, 5.41) is 12.6. The molecule has 126 valence electrons. The van der Waals surface area contributed by atoms with Crippen molar-refractivity contribution in [1.82, 2.24) is 5.32 Å². The van der Waals surface area contributed by atoms with E-state index in [0.29, 0.717) is 11.4 Å². The number of nitrogens with two attached hydrogens (primary N) is 1. The van der Waals surface area contributed by atoms with Crippen LogP contribution in [-0.4, -0.2) is 11.9 Å². The summed E-state index contributed by atoms with van der Waals surface area (Å²) < 4.78 is 0. The van der Waals surface area contributed by atoms with Crippen molar-refractivity contribution in [3.05, 3.63) is 82.9 Å². The molecule has 0 spiro atoms. The Labute approximate surface area is 151 Å². The number of rotatable bonds is 4. The Bertz CT molecular complexity index is 939. The van der Waals surface area contributed by atoms with Crippen LogP contribution >= 0.6 is 11.6 Å². The standard InChI is InChI=1S/C20H18ClN3O/c21-17-7-3-4-13(10-17)11-18(19(25)24-20(22)23)16-9-8-14-5-1-2-6-15(14)12-16/h1-10,12,18H,11H2,(H4,22,23,24,25). The highest BCUT2D eigenvalue weighted by molar-refractivity contribution is 6.30. The summed E-state index contributed by atoms with van der Waals surface area (Å²) in [6, 6.07) is 21.4. The Morgan fingerprint density at radius 2 is 1.80 bits per heavy atom. The second-order valence-corrected chi connectivity index (χ2v) is 6.33. The first kappa shape index (κ1) is 17.0. The number of guanidine groups is 1. The number of halogens is 1. The number of carbonyl (C=O) groups is 1. The van der Waals surface area contributed by atoms with Crippen LogP contribution in [0.2, 0.25) is 5.02 Å². The van der Waals surface area contributed by atoms with Gasteiger partial charge in [-0.3, -0.25) is 15.5 Å². The van der Waals surface area contributed by atoms with E-state index in [0.717, 1.165) is 21.9 Å². The molecular weight excluding hydrogens is 334 g/mol. The van der Waals surface area contributed by atoms with Crippen LogP contribution in [0.4, 0.5) is 0 Å². The molecule has 0 aliphatic carbocycles. The van der Waals surface area contributed by atoms with Crippen LogP contribution in [0.1, 0.15) is 17.0 Å². The van der Waals surface area contributed by atoms with Crippen LogP contribution in [0.3, 0.4) is 0 Å². The van der Waals surface area contributed by atoms with Crippen LogP contribution < -0.4 is 11.1 Å². The molecule has 1 amide bonds. The van der Waals surface area contributed by atoms with Gasteiger partial charge in [0.25, 0.3) is 0 Å². The van der Waals surface area contributed by atoms with Crippen LogP contribution in [0.15, 0.2) is 66.7 Å². The molecule has 25 heavy (non-hydrogen) atoms. The number of benzene rings is 3. The van der Waals surface area contributed by atoms with Crippen molar-refractivity contribution in [3.63, 3.8) is 0 Å². The van der Waals surface area contributed by atoms with Crippen molar-refractivity contribution < 1.29 is 4.79 Å². The molecule has 3 rings (SSSR count). The number of fused-ring (bicyclic) bond motifs is 1. The molecule has 1 unspecified atom stereocenters. The fraction of sp³-hybridized carbons (Fsp3) is 0.100. The summed E-state index contributed by atoms with van der Waals surface area (Å²) >= 11 is 6.06. The zero-order chi connectivity index (χ0) is 17.8. The minimum atomic E-state index is -0.466. The van der Waals surface area contributed by atoms with Crippen LogP contribution in [0, 0.1) is 5.41 Å². The van der Waals surface area contributed by atoms with E-state index in [4.69, 9.17) is 22.7 Å². The molecule has 0 heterocycles. The Morgan fingerprint density at radius 1 is 1.04 bits per heavy atom. The molecule has 3 aromatic rings. The smallest absolute Gasteiger partial charge is 0.234 e. The van der Waals surface area contributed by atoms with E-state index in [9.17, 15) is 4.79 Å². The van der Waals surface area contributed by atoms with E-state index in [1.807, 2.05) is 60.7 Å². The lowest BCUT2D eigenvalue weighted by Gasteiger charge is -2.18. The van der Waals surface area contributed by atoms with Crippen molar-refractivity contribution in [3.8, 4) is 0 Å². The molecule has 4 N–H and O–H groups in total. The number of hydrogen-bond donors (Lipinski definition) is 3. The van der Waals surface area contributed by atoms with Crippen LogP contribution in [0.25, 0.3) is 10.8 Å². The van der Waals surface area contributed by atoms with Gasteiger partial charge in [0.1, 0.15) is 0 Å². The highest BCUT2D eigenvalue weighted by Gasteiger charge is 2.22. The second kappa shape index (κ2) is 7.36. The second-order valence-electron chi connectivity index (χ2n) is 5.90. The predicted molar refractivity (Wildman–Crippen MR) is 102 cm³/mol. The van der Waals surface area contributed by atoms with Gasteiger partial charge in [0, 0.05) is 5.02 Å². The molecule has 0 saturated heterocycles. The molecule has 0 radical (unpaired) electrons. The summed E-state index contributed by atoms with van der Waals surface area (Å²) in [6.07, 6.45) is 0.470. The molecule has 4 nitrogen and oxygen atoms in total. The molecule has 0 aliphatic heterocycles. The predicted octanol–water partition coefficient (Wildman–Crippen LogP) is 3.83. The molecule has 5 heteroatoms. The van der Waals surface area contributed by atoms with Gasteiger partial charge in [-0.2, -0.15) is 0 Å². The highest BCUT2D eigenvalue weighted by Crippen LogP contribution is 2.26. The molecular formula is C20H18ClN3O. The molecule has 0 aliphatic rings. The van der Waals surface area contributed by atoms with Gasteiger partial charge in [-0.1, -0.05) is 66.2 Å². The van der Waals surface area contributed by atoms with E-state index in [2.05, 4.69) is 5.32 Å². The zero-order valence-electron chi connectivity index (χ0n) is 13.5. The van der Waals surface area contributed by atoms with E-state index >= 15 is 0 Å². The zero-order valence-corrected chi connectivity index (χ0v) is 14.3. The molecule has 0 saturated carbocycles. The maximum atomic E-state index is 12.6. The fourth-order valence-electron chi connectivity index (χ4n) is 2.91. The van der Waals surface area contributed by atoms with Gasteiger partial charge in [-0.05, 0) is 40.5 Å². The van der Waals surface area contributed by atoms with E-state index in [-0.39, 0.29) is 11.9 Å². The third kappa shape index (κ3) is 4.17. The van der Waals surface area contributed by atoms with E-state index in [1.54, 1.807) is 6.07 Å². The molecule has 0 fully saturated rings. The average Bonchev–Trinajstić information content (AvgIpc) is 2.58. The lowest BCUT2D eigenvalue weighted by atomic mass is 9.90. The summed E-state index contributed by atoms with van der Waals surface area (Å²) in [5.74, 6) is -1.13. The average molecular weight is 352 g/mol. The monoisotopic (exact) mass is 351 g/mol. The Kier molecular flexibility index (Phi) is 5.00. The SMILES string of the molecule is N=C(N)NC(=O)C(Cc1cccc(Cl)c1)c1ccc2ccccc2c1. The van der Waals surface area contributed by atoms with Crippen molar-refractivity contribution in [2.24, 2.45) is 5.73 Å². The normalized spacial score (nSPS) is 11.9.